The van der Waals surface area contributed by atoms with Crippen LogP contribution in [0.4, 0.5) is 5.82 Å². The minimum absolute atomic E-state index is 0.00305. The van der Waals surface area contributed by atoms with E-state index in [4.69, 9.17) is 4.42 Å². The first kappa shape index (κ1) is 16.9. The van der Waals surface area contributed by atoms with Crippen molar-refractivity contribution < 1.29 is 14.0 Å². The molecule has 3 heterocycles. The van der Waals surface area contributed by atoms with Gasteiger partial charge < -0.3 is 20.0 Å². The average Bonchev–Trinajstić information content (AvgIpc) is 3.15. The van der Waals surface area contributed by atoms with Crippen molar-refractivity contribution >= 4 is 17.6 Å². The van der Waals surface area contributed by atoms with E-state index in [2.05, 4.69) is 20.6 Å². The number of nitrogens with one attached hydrogen (secondary N) is 2. The van der Waals surface area contributed by atoms with Crippen molar-refractivity contribution in [3.05, 3.63) is 42.2 Å². The van der Waals surface area contributed by atoms with Gasteiger partial charge in [0.15, 0.2) is 6.39 Å². The van der Waals surface area contributed by atoms with Crippen LogP contribution in [-0.4, -0.2) is 52.9 Å². The highest BCUT2D eigenvalue weighted by Gasteiger charge is 2.21. The third-order valence-corrected chi connectivity index (χ3v) is 3.94. The summed E-state index contributed by atoms with van der Waals surface area (Å²) in [6.07, 6.45) is 5.05. The molecule has 1 aliphatic rings. The van der Waals surface area contributed by atoms with E-state index in [-0.39, 0.29) is 24.1 Å². The monoisotopic (exact) mass is 343 g/mol. The lowest BCUT2D eigenvalue weighted by Gasteiger charge is -2.21. The van der Waals surface area contributed by atoms with Crippen molar-refractivity contribution in [2.24, 2.45) is 0 Å². The van der Waals surface area contributed by atoms with Gasteiger partial charge in [-0.15, -0.1) is 0 Å². The summed E-state index contributed by atoms with van der Waals surface area (Å²) in [6, 6.07) is 5.88. The number of pyridine rings is 1. The molecule has 8 heteroatoms. The minimum atomic E-state index is -0.321. The summed E-state index contributed by atoms with van der Waals surface area (Å²) < 4.78 is 5.07. The van der Waals surface area contributed by atoms with E-state index in [0.717, 1.165) is 30.8 Å². The number of carbonyl (C=O) groups excluding carboxylic acids is 2. The van der Waals surface area contributed by atoms with Gasteiger partial charge in [0, 0.05) is 25.3 Å². The second-order valence-electron chi connectivity index (χ2n) is 5.84. The summed E-state index contributed by atoms with van der Waals surface area (Å²) in [7, 11) is 0. The fourth-order valence-electron chi connectivity index (χ4n) is 2.68. The van der Waals surface area contributed by atoms with E-state index < -0.39 is 0 Å². The fourth-order valence-corrected chi connectivity index (χ4v) is 2.68. The van der Waals surface area contributed by atoms with E-state index in [0.29, 0.717) is 19.6 Å². The first-order valence-electron chi connectivity index (χ1n) is 8.36. The highest BCUT2D eigenvalue weighted by atomic mass is 16.3. The zero-order chi connectivity index (χ0) is 17.5. The Morgan fingerprint density at radius 3 is 2.92 bits per heavy atom. The molecule has 0 saturated heterocycles. The summed E-state index contributed by atoms with van der Waals surface area (Å²) in [5, 5.41) is 5.99. The Bertz CT molecular complexity index is 717. The summed E-state index contributed by atoms with van der Waals surface area (Å²) in [5.41, 5.74) is 1.01. The van der Waals surface area contributed by atoms with Crippen LogP contribution in [0.2, 0.25) is 0 Å². The van der Waals surface area contributed by atoms with Crippen LogP contribution in [0.5, 0.6) is 0 Å². The lowest BCUT2D eigenvalue weighted by Crippen LogP contribution is -2.42. The van der Waals surface area contributed by atoms with Gasteiger partial charge in [0.25, 0.3) is 5.91 Å². The normalized spacial score (nSPS) is 16.5. The summed E-state index contributed by atoms with van der Waals surface area (Å²) in [6.45, 7) is 1.50. The molecule has 0 atom stereocenters. The number of carbonyl (C=O) groups is 2. The number of aryl methyl sites for hydroxylation is 1. The number of aromatic nitrogens is 2. The van der Waals surface area contributed by atoms with Gasteiger partial charge in [0.05, 0.1) is 12.7 Å². The van der Waals surface area contributed by atoms with Gasteiger partial charge in [-0.25, -0.2) is 9.97 Å². The van der Waals surface area contributed by atoms with E-state index >= 15 is 0 Å². The van der Waals surface area contributed by atoms with Crippen LogP contribution >= 0.6 is 0 Å². The maximum absolute atomic E-state index is 12.5. The fraction of sp³-hybridized carbons (Fsp3) is 0.412. The third kappa shape index (κ3) is 4.79. The molecule has 2 N–H and O–H groups in total. The molecule has 2 amide bonds. The van der Waals surface area contributed by atoms with Crippen molar-refractivity contribution in [1.82, 2.24) is 20.2 Å². The highest BCUT2D eigenvalue weighted by Crippen LogP contribution is 2.10. The molecule has 25 heavy (non-hydrogen) atoms. The molecule has 2 aromatic rings. The molecule has 2 aromatic heterocycles. The number of rotatable bonds is 1. The number of oxazole rings is 1. The smallest absolute Gasteiger partial charge is 0.291 e. The minimum Gasteiger partial charge on any atom is -0.438 e. The molecule has 1 aliphatic heterocycles. The summed E-state index contributed by atoms with van der Waals surface area (Å²) in [5.74, 6) is 0.433. The molecule has 0 fully saturated rings. The molecule has 8 nitrogen and oxygen atoms in total. The van der Waals surface area contributed by atoms with Crippen LogP contribution in [0, 0.1) is 0 Å². The molecular weight excluding hydrogens is 322 g/mol. The molecule has 0 spiro atoms. The predicted molar refractivity (Wildman–Crippen MR) is 91.1 cm³/mol. The molecule has 0 unspecified atom stereocenters. The largest absolute Gasteiger partial charge is 0.438 e. The SMILES string of the molecule is O=C1CN(C(=O)c2cnco2)CCCCc2cccc(n2)NCCN1. The highest BCUT2D eigenvalue weighted by molar-refractivity contribution is 5.94. The van der Waals surface area contributed by atoms with E-state index in [1.807, 2.05) is 18.2 Å². The van der Waals surface area contributed by atoms with Gasteiger partial charge in [-0.05, 0) is 31.4 Å². The number of nitrogens with zero attached hydrogens (tertiary/aromatic N) is 3. The molecule has 132 valence electrons. The van der Waals surface area contributed by atoms with Crippen LogP contribution in [0.3, 0.4) is 0 Å². The Morgan fingerprint density at radius 2 is 2.08 bits per heavy atom. The molecule has 3 rings (SSSR count). The maximum atomic E-state index is 12.5. The van der Waals surface area contributed by atoms with Gasteiger partial charge >= 0.3 is 0 Å². The predicted octanol–water partition coefficient (Wildman–Crippen LogP) is 1.08. The number of anilines is 1. The van der Waals surface area contributed by atoms with Crippen LogP contribution in [0.15, 0.2) is 35.2 Å². The van der Waals surface area contributed by atoms with E-state index in [9.17, 15) is 9.59 Å². The van der Waals surface area contributed by atoms with Crippen molar-refractivity contribution in [3.63, 3.8) is 0 Å². The molecule has 2 bridgehead atoms. The molecule has 0 aromatic carbocycles. The first-order chi connectivity index (χ1) is 12.2. The van der Waals surface area contributed by atoms with E-state index in [1.54, 1.807) is 0 Å². The summed E-state index contributed by atoms with van der Waals surface area (Å²) in [4.78, 5) is 34.4. The zero-order valence-electron chi connectivity index (χ0n) is 13.9. The number of hydrogen-bond donors (Lipinski definition) is 2. The topological polar surface area (TPSA) is 100 Å². The van der Waals surface area contributed by atoms with E-state index in [1.165, 1.54) is 17.5 Å². The van der Waals surface area contributed by atoms with Gasteiger partial charge in [0.1, 0.15) is 5.82 Å². The van der Waals surface area contributed by atoms with Gasteiger partial charge in [-0.2, -0.15) is 0 Å². The van der Waals surface area contributed by atoms with Crippen LogP contribution in [0.1, 0.15) is 29.1 Å². The van der Waals surface area contributed by atoms with Gasteiger partial charge in [0.2, 0.25) is 11.7 Å². The van der Waals surface area contributed by atoms with Gasteiger partial charge in [-0.1, -0.05) is 6.07 Å². The third-order valence-electron chi connectivity index (χ3n) is 3.94. The Hall–Kier alpha value is -2.90. The molecule has 0 saturated carbocycles. The van der Waals surface area contributed by atoms with Crippen LogP contribution in [-0.2, 0) is 11.2 Å². The lowest BCUT2D eigenvalue weighted by atomic mass is 10.1. The average molecular weight is 343 g/mol. The molecular formula is C17H21N5O3. The van der Waals surface area contributed by atoms with Gasteiger partial charge in [-0.3, -0.25) is 9.59 Å². The molecule has 0 aliphatic carbocycles. The van der Waals surface area contributed by atoms with Crippen LogP contribution in [0.25, 0.3) is 0 Å². The summed E-state index contributed by atoms with van der Waals surface area (Å²) >= 11 is 0. The van der Waals surface area contributed by atoms with Crippen LogP contribution < -0.4 is 10.6 Å². The lowest BCUT2D eigenvalue weighted by molar-refractivity contribution is -0.121. The Morgan fingerprint density at radius 1 is 1.20 bits per heavy atom. The second kappa shape index (κ2) is 8.27. The Kier molecular flexibility index (Phi) is 5.61. The van der Waals surface area contributed by atoms with Crippen molar-refractivity contribution in [2.45, 2.75) is 19.3 Å². The zero-order valence-corrected chi connectivity index (χ0v) is 13.9. The Balaban J connectivity index is 1.69. The second-order valence-corrected chi connectivity index (χ2v) is 5.84. The molecule has 0 radical (unpaired) electrons. The van der Waals surface area contributed by atoms with Crippen molar-refractivity contribution in [1.29, 1.82) is 0 Å². The number of hydrogen-bond acceptors (Lipinski definition) is 6. The Labute approximate surface area is 145 Å². The number of fused-ring (bicyclic) bond motifs is 2. The maximum Gasteiger partial charge on any atom is 0.291 e. The first-order valence-corrected chi connectivity index (χ1v) is 8.36. The quantitative estimate of drug-likeness (QED) is 0.803. The van der Waals surface area contributed by atoms with Crippen molar-refractivity contribution in [3.8, 4) is 0 Å². The standard InChI is InChI=1S/C17H21N5O3/c23-16-11-22(17(24)14-10-18-12-25-14)9-2-1-4-13-5-3-6-15(21-13)19-7-8-20-16/h3,5-6,10,12H,1-2,4,7-9,11H2,(H,19,21)(H,20,23). The van der Waals surface area contributed by atoms with Crippen molar-refractivity contribution in [2.75, 3.05) is 31.5 Å². The number of amides is 2.